The second-order valence-corrected chi connectivity index (χ2v) is 5.38. The summed E-state index contributed by atoms with van der Waals surface area (Å²) in [5.74, 6) is 0.275. The molecule has 6 heteroatoms. The van der Waals surface area contributed by atoms with Gasteiger partial charge in [0.25, 0.3) is 0 Å². The van der Waals surface area contributed by atoms with E-state index >= 15 is 0 Å². The number of rotatable bonds is 6. The van der Waals surface area contributed by atoms with Crippen molar-refractivity contribution in [3.63, 3.8) is 0 Å². The molecule has 18 heavy (non-hydrogen) atoms. The van der Waals surface area contributed by atoms with Crippen LogP contribution in [0.1, 0.15) is 25.8 Å². The van der Waals surface area contributed by atoms with Crippen LogP contribution in [-0.2, 0) is 13.6 Å². The van der Waals surface area contributed by atoms with Gasteiger partial charge in [-0.15, -0.1) is 0 Å². The number of aromatic nitrogens is 2. The van der Waals surface area contributed by atoms with E-state index in [0.717, 1.165) is 19.5 Å². The predicted molar refractivity (Wildman–Crippen MR) is 71.3 cm³/mol. The number of hydrogen-bond donors (Lipinski definition) is 2. The Bertz CT molecular complexity index is 410. The van der Waals surface area contributed by atoms with Gasteiger partial charge in [-0.3, -0.25) is 4.68 Å². The number of nitrogens with two attached hydrogens (primary N) is 1. The maximum absolute atomic E-state index is 8.71. The van der Waals surface area contributed by atoms with Crippen molar-refractivity contribution in [2.24, 2.45) is 23.4 Å². The molecule has 1 rings (SSSR count). The Morgan fingerprint density at radius 3 is 2.78 bits per heavy atom. The maximum Gasteiger partial charge on any atom is 0.144 e. The first-order valence-electron chi connectivity index (χ1n) is 5.99. The summed E-state index contributed by atoms with van der Waals surface area (Å²) < 4.78 is 1.80. The minimum Gasteiger partial charge on any atom is -0.409 e. The van der Waals surface area contributed by atoms with Gasteiger partial charge in [0.05, 0.1) is 6.20 Å². The van der Waals surface area contributed by atoms with Gasteiger partial charge in [0, 0.05) is 30.8 Å². The number of nitrogens with zero attached hydrogens (tertiary/aromatic N) is 4. The molecule has 0 aliphatic heterocycles. The monoisotopic (exact) mass is 253 g/mol. The largest absolute Gasteiger partial charge is 0.409 e. The lowest BCUT2D eigenvalue weighted by molar-refractivity contribution is 0.272. The fraction of sp³-hybridized carbons (Fsp3) is 0.667. The average molecular weight is 253 g/mol. The van der Waals surface area contributed by atoms with Gasteiger partial charge < -0.3 is 15.8 Å². The molecule has 1 aromatic heterocycles. The first-order valence-corrected chi connectivity index (χ1v) is 5.99. The zero-order chi connectivity index (χ0) is 13.8. The highest BCUT2D eigenvalue weighted by atomic mass is 16.4. The molecular formula is C12H23N5O. The standard InChI is InChI=1S/C12H23N5O/c1-12(2,11(13)15-18)5-6-16(3)8-10-7-14-17(4)9-10/h7,9,18H,5-6,8H2,1-4H3,(H2,13,15). The average Bonchev–Trinajstić information content (AvgIpc) is 2.71. The van der Waals surface area contributed by atoms with Crippen LogP contribution in [0.4, 0.5) is 0 Å². The fourth-order valence-corrected chi connectivity index (χ4v) is 1.68. The van der Waals surface area contributed by atoms with Gasteiger partial charge in [0.2, 0.25) is 0 Å². The molecule has 102 valence electrons. The van der Waals surface area contributed by atoms with Gasteiger partial charge in [-0.25, -0.2) is 0 Å². The van der Waals surface area contributed by atoms with Crippen molar-refractivity contribution in [2.75, 3.05) is 13.6 Å². The lowest BCUT2D eigenvalue weighted by atomic mass is 9.88. The Kier molecular flexibility index (Phi) is 4.72. The molecule has 0 aliphatic rings. The minimum absolute atomic E-state index is 0.275. The summed E-state index contributed by atoms with van der Waals surface area (Å²) in [5, 5.41) is 15.9. The van der Waals surface area contributed by atoms with Gasteiger partial charge in [0.15, 0.2) is 0 Å². The third-order valence-corrected chi connectivity index (χ3v) is 3.13. The van der Waals surface area contributed by atoms with Crippen LogP contribution in [0.3, 0.4) is 0 Å². The summed E-state index contributed by atoms with van der Waals surface area (Å²) in [6, 6.07) is 0. The van der Waals surface area contributed by atoms with Crippen LogP contribution in [0, 0.1) is 5.41 Å². The van der Waals surface area contributed by atoms with E-state index in [1.165, 1.54) is 5.56 Å². The van der Waals surface area contributed by atoms with E-state index in [1.807, 2.05) is 33.3 Å². The Hall–Kier alpha value is -1.56. The first kappa shape index (κ1) is 14.5. The topological polar surface area (TPSA) is 79.7 Å². The van der Waals surface area contributed by atoms with Crippen LogP contribution in [-0.4, -0.2) is 39.3 Å². The van der Waals surface area contributed by atoms with E-state index < -0.39 is 0 Å². The highest BCUT2D eigenvalue weighted by Gasteiger charge is 2.23. The van der Waals surface area contributed by atoms with E-state index in [9.17, 15) is 0 Å². The van der Waals surface area contributed by atoms with Crippen LogP contribution in [0.2, 0.25) is 0 Å². The number of aryl methyl sites for hydroxylation is 1. The number of amidine groups is 1. The molecule has 0 saturated carbocycles. The van der Waals surface area contributed by atoms with Gasteiger partial charge in [-0.05, 0) is 20.0 Å². The van der Waals surface area contributed by atoms with Crippen LogP contribution < -0.4 is 5.73 Å². The Balaban J connectivity index is 2.44. The molecule has 0 fully saturated rings. The van der Waals surface area contributed by atoms with E-state index in [2.05, 4.69) is 22.2 Å². The fourth-order valence-electron chi connectivity index (χ4n) is 1.68. The second kappa shape index (κ2) is 5.86. The smallest absolute Gasteiger partial charge is 0.144 e. The van der Waals surface area contributed by atoms with Crippen LogP contribution in [0.25, 0.3) is 0 Å². The summed E-state index contributed by atoms with van der Waals surface area (Å²) in [7, 11) is 3.96. The Labute approximate surface area is 108 Å². The maximum atomic E-state index is 8.71. The van der Waals surface area contributed by atoms with Crippen molar-refractivity contribution in [1.29, 1.82) is 0 Å². The molecule has 0 saturated heterocycles. The van der Waals surface area contributed by atoms with Gasteiger partial charge in [0.1, 0.15) is 5.84 Å². The van der Waals surface area contributed by atoms with Crippen molar-refractivity contribution in [2.45, 2.75) is 26.8 Å². The van der Waals surface area contributed by atoms with Gasteiger partial charge >= 0.3 is 0 Å². The molecule has 0 aliphatic carbocycles. The van der Waals surface area contributed by atoms with Crippen LogP contribution in [0.15, 0.2) is 17.5 Å². The normalized spacial score (nSPS) is 13.3. The van der Waals surface area contributed by atoms with Crippen molar-refractivity contribution in [3.05, 3.63) is 18.0 Å². The molecule has 1 aromatic rings. The molecule has 6 nitrogen and oxygen atoms in total. The zero-order valence-electron chi connectivity index (χ0n) is 11.6. The van der Waals surface area contributed by atoms with Gasteiger partial charge in [-0.1, -0.05) is 19.0 Å². The quantitative estimate of drug-likeness (QED) is 0.343. The Morgan fingerprint density at radius 1 is 1.61 bits per heavy atom. The highest BCUT2D eigenvalue weighted by molar-refractivity contribution is 5.85. The summed E-state index contributed by atoms with van der Waals surface area (Å²) >= 11 is 0. The summed E-state index contributed by atoms with van der Waals surface area (Å²) in [4.78, 5) is 2.20. The lowest BCUT2D eigenvalue weighted by Gasteiger charge is -2.26. The second-order valence-electron chi connectivity index (χ2n) is 5.38. The molecule has 0 bridgehead atoms. The third kappa shape index (κ3) is 4.03. The van der Waals surface area contributed by atoms with E-state index in [4.69, 9.17) is 10.9 Å². The van der Waals surface area contributed by atoms with Gasteiger partial charge in [-0.2, -0.15) is 5.10 Å². The molecular weight excluding hydrogens is 230 g/mol. The molecule has 0 aromatic carbocycles. The highest BCUT2D eigenvalue weighted by Crippen LogP contribution is 2.20. The SMILES string of the molecule is CN(CCC(C)(C)C(N)=NO)Cc1cnn(C)c1. The molecule has 0 atom stereocenters. The molecule has 3 N–H and O–H groups in total. The van der Waals surface area contributed by atoms with E-state index in [1.54, 1.807) is 4.68 Å². The molecule has 1 heterocycles. The predicted octanol–water partition coefficient (Wildman–Crippen LogP) is 1.01. The summed E-state index contributed by atoms with van der Waals surface area (Å²) in [6.45, 7) is 5.66. The molecule has 0 spiro atoms. The van der Waals surface area contributed by atoms with Crippen molar-refractivity contribution >= 4 is 5.84 Å². The van der Waals surface area contributed by atoms with Crippen molar-refractivity contribution in [1.82, 2.24) is 14.7 Å². The van der Waals surface area contributed by atoms with E-state index in [-0.39, 0.29) is 11.3 Å². The molecule has 0 unspecified atom stereocenters. The first-order chi connectivity index (χ1) is 8.35. The zero-order valence-corrected chi connectivity index (χ0v) is 11.6. The lowest BCUT2D eigenvalue weighted by Crippen LogP contribution is -2.35. The summed E-state index contributed by atoms with van der Waals surface area (Å²) in [6.07, 6.45) is 4.70. The van der Waals surface area contributed by atoms with Crippen molar-refractivity contribution < 1.29 is 5.21 Å². The van der Waals surface area contributed by atoms with Crippen LogP contribution in [0.5, 0.6) is 0 Å². The van der Waals surface area contributed by atoms with Crippen molar-refractivity contribution in [3.8, 4) is 0 Å². The van der Waals surface area contributed by atoms with E-state index in [0.29, 0.717) is 0 Å². The summed E-state index contributed by atoms with van der Waals surface area (Å²) in [5.41, 5.74) is 6.55. The third-order valence-electron chi connectivity index (χ3n) is 3.13. The number of hydrogen-bond acceptors (Lipinski definition) is 4. The Morgan fingerprint density at radius 2 is 2.28 bits per heavy atom. The molecule has 0 radical (unpaired) electrons. The minimum atomic E-state index is -0.294. The number of oxime groups is 1. The van der Waals surface area contributed by atoms with Crippen LogP contribution >= 0.6 is 0 Å². The molecule has 0 amide bonds.